The Morgan fingerprint density at radius 3 is 2.33 bits per heavy atom. The van der Waals surface area contributed by atoms with Crippen molar-refractivity contribution in [3.05, 3.63) is 29.1 Å². The van der Waals surface area contributed by atoms with E-state index in [4.69, 9.17) is 5.11 Å². The zero-order valence-corrected chi connectivity index (χ0v) is 10.4. The Labute approximate surface area is 116 Å². The molecular formula is C13H8F3NO4. The highest BCUT2D eigenvalue weighted by Gasteiger charge is 2.50. The first-order valence-electron chi connectivity index (χ1n) is 6.12. The highest BCUT2D eigenvalue weighted by molar-refractivity contribution is 6.30. The third-order valence-corrected chi connectivity index (χ3v) is 3.55. The van der Waals surface area contributed by atoms with Gasteiger partial charge in [-0.25, -0.2) is 13.2 Å². The van der Waals surface area contributed by atoms with E-state index in [1.807, 2.05) is 0 Å². The summed E-state index contributed by atoms with van der Waals surface area (Å²) in [7, 11) is 0. The largest absolute Gasteiger partial charge is 0.480 e. The summed E-state index contributed by atoms with van der Waals surface area (Å²) in [6, 6.07) is -0.0565. The summed E-state index contributed by atoms with van der Waals surface area (Å²) in [6.45, 7) is 0. The number of nitrogens with zero attached hydrogens (tertiary/aromatic N) is 1. The topological polar surface area (TPSA) is 74.7 Å². The van der Waals surface area contributed by atoms with E-state index in [1.54, 1.807) is 0 Å². The van der Waals surface area contributed by atoms with Crippen LogP contribution < -0.4 is 4.90 Å². The summed E-state index contributed by atoms with van der Waals surface area (Å²) < 4.78 is 40.6. The average Bonchev–Trinajstić information content (AvgIpc) is 3.22. The molecule has 21 heavy (non-hydrogen) atoms. The zero-order chi connectivity index (χ0) is 15.5. The molecule has 1 aromatic rings. The molecule has 0 saturated heterocycles. The van der Waals surface area contributed by atoms with Crippen molar-refractivity contribution in [1.82, 2.24) is 0 Å². The molecule has 1 N–H and O–H groups in total. The smallest absolute Gasteiger partial charge is 0.324 e. The Morgan fingerprint density at radius 2 is 1.81 bits per heavy atom. The molecule has 110 valence electrons. The SMILES string of the molecule is O=C(O)C1C(=O)c2cc(F)c(F)c(F)c2N(C2CC2)C1=O. The number of carbonyl (C=O) groups is 3. The van der Waals surface area contributed by atoms with Gasteiger partial charge in [-0.1, -0.05) is 0 Å². The molecule has 1 atom stereocenters. The molecule has 3 rings (SSSR count). The van der Waals surface area contributed by atoms with E-state index in [2.05, 4.69) is 0 Å². The van der Waals surface area contributed by atoms with Crippen molar-refractivity contribution in [3.63, 3.8) is 0 Å². The normalized spacial score (nSPS) is 21.5. The Hall–Kier alpha value is -2.38. The maximum atomic E-state index is 13.9. The second-order valence-corrected chi connectivity index (χ2v) is 4.96. The van der Waals surface area contributed by atoms with Gasteiger partial charge in [0.25, 0.3) is 0 Å². The second-order valence-electron chi connectivity index (χ2n) is 4.96. The van der Waals surface area contributed by atoms with Gasteiger partial charge >= 0.3 is 5.97 Å². The van der Waals surface area contributed by atoms with Crippen LogP contribution in [-0.2, 0) is 9.59 Å². The van der Waals surface area contributed by atoms with E-state index in [9.17, 15) is 27.6 Å². The minimum atomic E-state index is -2.05. The van der Waals surface area contributed by atoms with Crippen molar-refractivity contribution in [2.24, 2.45) is 5.92 Å². The number of halogens is 3. The quantitative estimate of drug-likeness (QED) is 0.663. The summed E-state index contributed by atoms with van der Waals surface area (Å²) in [4.78, 5) is 36.0. The predicted octanol–water partition coefficient (Wildman–Crippen LogP) is 1.50. The lowest BCUT2D eigenvalue weighted by Crippen LogP contribution is -2.49. The first kappa shape index (κ1) is 13.6. The van der Waals surface area contributed by atoms with E-state index >= 15 is 0 Å². The van der Waals surface area contributed by atoms with Gasteiger partial charge in [-0.15, -0.1) is 0 Å². The molecule has 5 nitrogen and oxygen atoms in total. The summed E-state index contributed by atoms with van der Waals surface area (Å²) in [5, 5.41) is 8.99. The molecule has 1 aromatic carbocycles. The van der Waals surface area contributed by atoms with Gasteiger partial charge in [0.1, 0.15) is 0 Å². The molecule has 1 heterocycles. The molecule has 1 unspecified atom stereocenters. The lowest BCUT2D eigenvalue weighted by Gasteiger charge is -2.32. The Bertz CT molecular complexity index is 699. The number of rotatable bonds is 2. The van der Waals surface area contributed by atoms with Crippen LogP contribution in [0.1, 0.15) is 23.2 Å². The molecule has 8 heteroatoms. The molecule has 0 radical (unpaired) electrons. The molecular weight excluding hydrogens is 291 g/mol. The van der Waals surface area contributed by atoms with Crippen LogP contribution in [0.4, 0.5) is 18.9 Å². The summed E-state index contributed by atoms with van der Waals surface area (Å²) in [6.07, 6.45) is 0.953. The highest BCUT2D eigenvalue weighted by atomic mass is 19.2. The molecule has 2 aliphatic rings. The minimum Gasteiger partial charge on any atom is -0.480 e. The number of hydrogen-bond donors (Lipinski definition) is 1. The van der Waals surface area contributed by atoms with Crippen LogP contribution in [0.25, 0.3) is 0 Å². The highest BCUT2D eigenvalue weighted by Crippen LogP contribution is 2.41. The number of fused-ring (bicyclic) bond motifs is 1. The number of anilines is 1. The van der Waals surface area contributed by atoms with Crippen molar-refractivity contribution in [2.45, 2.75) is 18.9 Å². The van der Waals surface area contributed by atoms with Crippen molar-refractivity contribution >= 4 is 23.3 Å². The molecule has 0 aromatic heterocycles. The fourth-order valence-corrected chi connectivity index (χ4v) is 2.44. The second kappa shape index (κ2) is 4.31. The molecule has 1 fully saturated rings. The maximum absolute atomic E-state index is 13.9. The number of benzene rings is 1. The van der Waals surface area contributed by atoms with Gasteiger partial charge in [-0.05, 0) is 18.9 Å². The number of carbonyl (C=O) groups excluding carboxylic acids is 2. The number of amides is 1. The molecule has 0 spiro atoms. The van der Waals surface area contributed by atoms with Gasteiger partial charge in [-0.2, -0.15) is 0 Å². The first-order chi connectivity index (χ1) is 9.84. The summed E-state index contributed by atoms with van der Waals surface area (Å²) in [5.41, 5.74) is -1.28. The predicted molar refractivity (Wildman–Crippen MR) is 62.3 cm³/mol. The monoisotopic (exact) mass is 299 g/mol. The molecule has 1 aliphatic carbocycles. The Balaban J connectivity index is 2.28. The van der Waals surface area contributed by atoms with E-state index in [1.165, 1.54) is 0 Å². The number of aliphatic carboxylic acids is 1. The average molecular weight is 299 g/mol. The van der Waals surface area contributed by atoms with Crippen molar-refractivity contribution in [2.75, 3.05) is 4.90 Å². The van der Waals surface area contributed by atoms with Gasteiger partial charge in [0.15, 0.2) is 29.2 Å². The van der Waals surface area contributed by atoms with E-state index in [0.717, 1.165) is 4.90 Å². The van der Waals surface area contributed by atoms with Gasteiger partial charge in [0, 0.05) is 11.6 Å². The lowest BCUT2D eigenvalue weighted by atomic mass is 9.89. The Morgan fingerprint density at radius 1 is 1.19 bits per heavy atom. The van der Waals surface area contributed by atoms with Crippen molar-refractivity contribution < 1.29 is 32.7 Å². The van der Waals surface area contributed by atoms with Crippen LogP contribution in [0.3, 0.4) is 0 Å². The fourth-order valence-electron chi connectivity index (χ4n) is 2.44. The first-order valence-corrected chi connectivity index (χ1v) is 6.12. The van der Waals surface area contributed by atoms with Crippen LogP contribution in [-0.4, -0.2) is 28.8 Å². The van der Waals surface area contributed by atoms with Crippen molar-refractivity contribution in [3.8, 4) is 0 Å². The fraction of sp³-hybridized carbons (Fsp3) is 0.308. The molecule has 1 amide bonds. The maximum Gasteiger partial charge on any atom is 0.324 e. The standard InChI is InChI=1S/C13H8F3NO4/c14-6-3-5-10(9(16)8(6)15)17(4-1-2-4)12(19)7(11(5)18)13(20)21/h3-4,7H,1-2H2,(H,20,21). The van der Waals surface area contributed by atoms with E-state index in [0.29, 0.717) is 18.9 Å². The molecule has 1 aliphatic heterocycles. The number of carboxylic acid groups (broad SMARTS) is 1. The Kier molecular flexibility index (Phi) is 2.79. The summed E-state index contributed by atoms with van der Waals surface area (Å²) >= 11 is 0. The van der Waals surface area contributed by atoms with Crippen LogP contribution in [0, 0.1) is 23.4 Å². The van der Waals surface area contributed by atoms with E-state index in [-0.39, 0.29) is 0 Å². The zero-order valence-electron chi connectivity index (χ0n) is 10.4. The van der Waals surface area contributed by atoms with Crippen LogP contribution >= 0.6 is 0 Å². The van der Waals surface area contributed by atoms with E-state index < -0.39 is 58.3 Å². The number of carboxylic acids is 1. The lowest BCUT2D eigenvalue weighted by molar-refractivity contribution is -0.144. The minimum absolute atomic E-state index is 0.438. The summed E-state index contributed by atoms with van der Waals surface area (Å²) in [5.74, 6) is -11.2. The van der Waals surface area contributed by atoms with Gasteiger partial charge in [0.2, 0.25) is 5.91 Å². The third kappa shape index (κ3) is 1.82. The van der Waals surface area contributed by atoms with Gasteiger partial charge in [-0.3, -0.25) is 14.4 Å². The number of Topliss-reactive ketones (excluding diaryl/α,β-unsaturated/α-hetero) is 1. The number of ketones is 1. The third-order valence-electron chi connectivity index (χ3n) is 3.55. The molecule has 0 bridgehead atoms. The number of hydrogen-bond acceptors (Lipinski definition) is 3. The van der Waals surface area contributed by atoms with Crippen molar-refractivity contribution in [1.29, 1.82) is 0 Å². The molecule has 1 saturated carbocycles. The van der Waals surface area contributed by atoms with Gasteiger partial charge in [0.05, 0.1) is 5.69 Å². The van der Waals surface area contributed by atoms with Crippen LogP contribution in [0.2, 0.25) is 0 Å². The van der Waals surface area contributed by atoms with Gasteiger partial charge < -0.3 is 10.0 Å². The van der Waals surface area contributed by atoms with Crippen LogP contribution in [0.5, 0.6) is 0 Å². The van der Waals surface area contributed by atoms with Crippen LogP contribution in [0.15, 0.2) is 6.07 Å².